The van der Waals surface area contributed by atoms with E-state index >= 15 is 0 Å². The van der Waals surface area contributed by atoms with Gasteiger partial charge in [0.25, 0.3) is 0 Å². The minimum atomic E-state index is -4.59. The van der Waals surface area contributed by atoms with Crippen molar-refractivity contribution in [2.75, 3.05) is 12.5 Å². The quantitative estimate of drug-likeness (QED) is 0.623. The highest BCUT2D eigenvalue weighted by Crippen LogP contribution is 2.17. The van der Waals surface area contributed by atoms with Crippen molar-refractivity contribution in [3.63, 3.8) is 0 Å². The molecule has 0 radical (unpaired) electrons. The van der Waals surface area contributed by atoms with E-state index in [9.17, 15) is 26.0 Å². The Morgan fingerprint density at radius 3 is 2.12 bits per heavy atom. The number of hydrogen-bond acceptors (Lipinski definition) is 3. The van der Waals surface area contributed by atoms with E-state index in [4.69, 9.17) is 0 Å². The molecule has 0 saturated heterocycles. The monoisotopic (exact) mass is 272 g/mol. The van der Waals surface area contributed by atoms with E-state index in [-0.39, 0.29) is 4.90 Å². The molecule has 0 bridgehead atoms. The molecule has 0 saturated carbocycles. The molecule has 3 nitrogen and oxygen atoms in total. The van der Waals surface area contributed by atoms with E-state index < -0.39 is 34.4 Å². The maximum atomic E-state index is 12.5. The predicted octanol–water partition coefficient (Wildman–Crippen LogP) is 2.14. The average molecular weight is 272 g/mol. The van der Waals surface area contributed by atoms with Crippen molar-refractivity contribution >= 4 is 9.84 Å². The highest BCUT2D eigenvalue weighted by molar-refractivity contribution is 7.91. The number of ether oxygens (including phenoxy) is 1. The summed E-state index contributed by atoms with van der Waals surface area (Å²) in [5.74, 6) is -1.74. The molecule has 0 unspecified atom stereocenters. The van der Waals surface area contributed by atoms with Crippen molar-refractivity contribution in [3.8, 4) is 0 Å². The van der Waals surface area contributed by atoms with Gasteiger partial charge in [0.05, 0.1) is 4.90 Å². The molecule has 0 heterocycles. The zero-order valence-electron chi connectivity index (χ0n) is 8.37. The number of hydrogen-bond donors (Lipinski definition) is 0. The van der Waals surface area contributed by atoms with Crippen LogP contribution in [-0.2, 0) is 14.6 Å². The number of alkyl halides is 3. The van der Waals surface area contributed by atoms with Gasteiger partial charge in [0.2, 0.25) is 9.84 Å². The van der Waals surface area contributed by atoms with Crippen LogP contribution in [-0.4, -0.2) is 27.1 Å². The topological polar surface area (TPSA) is 43.4 Å². The summed E-state index contributed by atoms with van der Waals surface area (Å²) in [6.45, 7) is -1.65. The van der Waals surface area contributed by atoms with Gasteiger partial charge in [-0.05, 0) is 24.3 Å². The summed E-state index contributed by atoms with van der Waals surface area (Å²) in [6.07, 6.45) is -4.59. The third-order valence-electron chi connectivity index (χ3n) is 1.68. The molecule has 1 aromatic rings. The minimum absolute atomic E-state index is 0.291. The highest BCUT2D eigenvalue weighted by atomic mass is 32.2. The summed E-state index contributed by atoms with van der Waals surface area (Å²) < 4.78 is 74.5. The van der Waals surface area contributed by atoms with Crippen LogP contribution >= 0.6 is 0 Å². The molecule has 17 heavy (non-hydrogen) atoms. The van der Waals surface area contributed by atoms with E-state index in [0.717, 1.165) is 24.3 Å². The van der Waals surface area contributed by atoms with Crippen molar-refractivity contribution in [1.82, 2.24) is 0 Å². The van der Waals surface area contributed by atoms with Crippen molar-refractivity contribution < 1.29 is 30.7 Å². The second kappa shape index (κ2) is 5.01. The van der Waals surface area contributed by atoms with Crippen LogP contribution in [0, 0.1) is 5.82 Å². The van der Waals surface area contributed by atoms with Gasteiger partial charge >= 0.3 is 6.18 Å². The lowest BCUT2D eigenvalue weighted by Crippen LogP contribution is -2.20. The van der Waals surface area contributed by atoms with Crippen LogP contribution < -0.4 is 0 Å². The van der Waals surface area contributed by atoms with E-state index in [2.05, 4.69) is 4.74 Å². The third kappa shape index (κ3) is 4.70. The second-order valence-corrected chi connectivity index (χ2v) is 5.09. The zero-order valence-corrected chi connectivity index (χ0v) is 9.18. The maximum Gasteiger partial charge on any atom is 0.411 e. The molecule has 96 valence electrons. The van der Waals surface area contributed by atoms with Gasteiger partial charge in [0, 0.05) is 0 Å². The third-order valence-corrected chi connectivity index (χ3v) is 3.14. The van der Waals surface area contributed by atoms with Crippen molar-refractivity contribution in [2.45, 2.75) is 11.1 Å². The number of sulfone groups is 1. The number of halogens is 4. The summed E-state index contributed by atoms with van der Waals surface area (Å²) in [6, 6.07) is 3.72. The first kappa shape index (κ1) is 13.9. The molecule has 0 fully saturated rings. The highest BCUT2D eigenvalue weighted by Gasteiger charge is 2.28. The van der Waals surface area contributed by atoms with E-state index in [1.54, 1.807) is 0 Å². The fraction of sp³-hybridized carbons (Fsp3) is 0.333. The Morgan fingerprint density at radius 1 is 1.12 bits per heavy atom. The van der Waals surface area contributed by atoms with Gasteiger partial charge in [-0.3, -0.25) is 0 Å². The van der Waals surface area contributed by atoms with E-state index in [1.807, 2.05) is 0 Å². The molecule has 0 atom stereocenters. The number of benzene rings is 1. The van der Waals surface area contributed by atoms with Gasteiger partial charge in [0.1, 0.15) is 12.4 Å². The van der Waals surface area contributed by atoms with E-state index in [1.165, 1.54) is 0 Å². The Hall–Kier alpha value is -1.15. The van der Waals surface area contributed by atoms with Crippen LogP contribution in [0.1, 0.15) is 0 Å². The normalized spacial score (nSPS) is 12.7. The first-order valence-electron chi connectivity index (χ1n) is 4.33. The van der Waals surface area contributed by atoms with Gasteiger partial charge in [-0.2, -0.15) is 13.2 Å². The van der Waals surface area contributed by atoms with Gasteiger partial charge in [-0.1, -0.05) is 0 Å². The summed E-state index contributed by atoms with van der Waals surface area (Å²) in [7, 11) is -3.99. The molecule has 0 spiro atoms. The van der Waals surface area contributed by atoms with Crippen molar-refractivity contribution in [1.29, 1.82) is 0 Å². The van der Waals surface area contributed by atoms with Crippen molar-refractivity contribution in [3.05, 3.63) is 30.1 Å². The Balaban J connectivity index is 2.66. The fourth-order valence-electron chi connectivity index (χ4n) is 0.977. The number of rotatable bonds is 4. The molecule has 0 N–H and O–H groups in total. The van der Waals surface area contributed by atoms with E-state index in [0.29, 0.717) is 0 Å². The predicted molar refractivity (Wildman–Crippen MR) is 50.5 cm³/mol. The molecule has 0 aliphatic carbocycles. The van der Waals surface area contributed by atoms with Gasteiger partial charge in [-0.15, -0.1) is 0 Å². The van der Waals surface area contributed by atoms with Crippen LogP contribution in [0.3, 0.4) is 0 Å². The lowest BCUT2D eigenvalue weighted by atomic mass is 10.4. The SMILES string of the molecule is O=S(=O)(COCC(F)(F)F)c1ccc(F)cc1. The van der Waals surface area contributed by atoms with Crippen molar-refractivity contribution in [2.24, 2.45) is 0 Å². The molecule has 0 aliphatic rings. The molecule has 0 amide bonds. The lowest BCUT2D eigenvalue weighted by molar-refractivity contribution is -0.169. The van der Waals surface area contributed by atoms with Gasteiger partial charge in [-0.25, -0.2) is 12.8 Å². The van der Waals surface area contributed by atoms with Gasteiger partial charge in [0.15, 0.2) is 5.94 Å². The zero-order chi connectivity index (χ0) is 13.1. The Kier molecular flexibility index (Phi) is 4.10. The lowest BCUT2D eigenvalue weighted by Gasteiger charge is -2.08. The molecular weight excluding hydrogens is 264 g/mol. The standard InChI is InChI=1S/C9H8F4O3S/c10-7-1-3-8(4-2-7)17(14,15)6-16-5-9(11,12)13/h1-4H,5-6H2. The van der Waals surface area contributed by atoms with Crippen LogP contribution in [0.4, 0.5) is 17.6 Å². The van der Waals surface area contributed by atoms with Crippen LogP contribution in [0.25, 0.3) is 0 Å². The fourth-order valence-corrected chi connectivity index (χ4v) is 1.97. The summed E-state index contributed by atoms with van der Waals surface area (Å²) in [4.78, 5) is -0.291. The second-order valence-electron chi connectivity index (χ2n) is 3.15. The largest absolute Gasteiger partial charge is 0.411 e. The van der Waals surface area contributed by atoms with Crippen LogP contribution in [0.5, 0.6) is 0 Å². The summed E-state index contributed by atoms with van der Waals surface area (Å²) in [5, 5.41) is 0. The molecule has 0 aromatic heterocycles. The van der Waals surface area contributed by atoms with Gasteiger partial charge < -0.3 is 4.74 Å². The molecular formula is C9H8F4O3S. The molecule has 1 aromatic carbocycles. The Bertz CT molecular complexity index is 464. The Morgan fingerprint density at radius 2 is 1.65 bits per heavy atom. The maximum absolute atomic E-state index is 12.5. The van der Waals surface area contributed by atoms with Crippen LogP contribution in [0.15, 0.2) is 29.2 Å². The Labute approximate surface area is 94.9 Å². The smallest absolute Gasteiger partial charge is 0.356 e. The summed E-state index contributed by atoms with van der Waals surface area (Å²) >= 11 is 0. The molecule has 8 heteroatoms. The first-order valence-corrected chi connectivity index (χ1v) is 5.99. The molecule has 1 rings (SSSR count). The van der Waals surface area contributed by atoms with Crippen LogP contribution in [0.2, 0.25) is 0 Å². The summed E-state index contributed by atoms with van der Waals surface area (Å²) in [5.41, 5.74) is 0. The average Bonchev–Trinajstić information content (AvgIpc) is 2.15. The first-order chi connectivity index (χ1) is 7.71. The minimum Gasteiger partial charge on any atom is -0.356 e. The molecule has 0 aliphatic heterocycles.